The second kappa shape index (κ2) is 2.75. The van der Waals surface area contributed by atoms with Crippen molar-refractivity contribution in [2.45, 2.75) is 6.92 Å². The van der Waals surface area contributed by atoms with Crippen LogP contribution in [0.2, 0.25) is 0 Å². The van der Waals surface area contributed by atoms with E-state index in [0.29, 0.717) is 0 Å². The molecule has 0 aliphatic heterocycles. The minimum atomic E-state index is 0.839. The van der Waals surface area contributed by atoms with Crippen LogP contribution in [0.15, 0.2) is 19.2 Å². The van der Waals surface area contributed by atoms with Crippen LogP contribution in [0.5, 0.6) is 0 Å². The first-order valence-electron chi connectivity index (χ1n) is 2.86. The van der Waals surface area contributed by atoms with E-state index in [1.165, 1.54) is 11.7 Å². The zero-order valence-corrected chi connectivity index (χ0v) is 6.61. The van der Waals surface area contributed by atoms with Crippen molar-refractivity contribution in [3.05, 3.63) is 30.6 Å². The third kappa shape index (κ3) is 1.14. The summed E-state index contributed by atoms with van der Waals surface area (Å²) in [6, 6.07) is 0. The fourth-order valence-electron chi connectivity index (χ4n) is 0.619. The summed E-state index contributed by atoms with van der Waals surface area (Å²) in [6.45, 7) is 9.27. The van der Waals surface area contributed by atoms with E-state index in [0.717, 1.165) is 17.0 Å². The van der Waals surface area contributed by atoms with Gasteiger partial charge in [0.2, 0.25) is 0 Å². The smallest absolute Gasteiger partial charge is 0.106 e. The van der Waals surface area contributed by atoms with E-state index in [-0.39, 0.29) is 0 Å². The van der Waals surface area contributed by atoms with Crippen LogP contribution in [0.4, 0.5) is 0 Å². The van der Waals surface area contributed by atoms with Crippen molar-refractivity contribution in [1.29, 1.82) is 0 Å². The highest BCUT2D eigenvalue weighted by Gasteiger charge is 2.02. The summed E-state index contributed by atoms with van der Waals surface area (Å²) in [5.74, 6) is 0. The van der Waals surface area contributed by atoms with Crippen molar-refractivity contribution in [3.8, 4) is 0 Å². The summed E-state index contributed by atoms with van der Waals surface area (Å²) in [6.07, 6.45) is 1.68. The normalized spacial score (nSPS) is 9.30. The van der Waals surface area contributed by atoms with Crippen molar-refractivity contribution in [2.75, 3.05) is 0 Å². The number of nitrogens with zero attached hydrogens (tertiary/aromatic N) is 2. The molecule has 1 aromatic rings. The highest BCUT2D eigenvalue weighted by atomic mass is 32.1. The number of aromatic nitrogens is 2. The molecule has 0 fully saturated rings. The van der Waals surface area contributed by atoms with Gasteiger partial charge in [-0.05, 0) is 12.5 Å². The topological polar surface area (TPSA) is 25.8 Å². The van der Waals surface area contributed by atoms with Gasteiger partial charge in [0.1, 0.15) is 5.69 Å². The van der Waals surface area contributed by atoms with Gasteiger partial charge in [-0.15, -0.1) is 0 Å². The van der Waals surface area contributed by atoms with E-state index < -0.39 is 0 Å². The van der Waals surface area contributed by atoms with Crippen LogP contribution < -0.4 is 0 Å². The largest absolute Gasteiger partial charge is 0.178 e. The van der Waals surface area contributed by atoms with E-state index in [1.807, 2.05) is 6.92 Å². The quantitative estimate of drug-likeness (QED) is 0.606. The molecule has 0 unspecified atom stereocenters. The lowest BCUT2D eigenvalue weighted by atomic mass is 10.2. The van der Waals surface area contributed by atoms with Crippen molar-refractivity contribution in [3.63, 3.8) is 0 Å². The SMILES string of the molecule is C=CC(=C)c1nsnc1C. The molecule has 0 spiro atoms. The molecular weight excluding hydrogens is 144 g/mol. The molecule has 0 aliphatic rings. The summed E-state index contributed by atoms with van der Waals surface area (Å²) in [7, 11) is 0. The molecule has 2 nitrogen and oxygen atoms in total. The average molecular weight is 152 g/mol. The lowest BCUT2D eigenvalue weighted by molar-refractivity contribution is 1.29. The second-order valence-corrected chi connectivity index (χ2v) is 2.46. The zero-order valence-electron chi connectivity index (χ0n) is 5.79. The number of allylic oxidation sites excluding steroid dienone is 2. The number of aryl methyl sites for hydroxylation is 1. The molecule has 10 heavy (non-hydrogen) atoms. The highest BCUT2D eigenvalue weighted by Crippen LogP contribution is 2.14. The van der Waals surface area contributed by atoms with Gasteiger partial charge in [-0.1, -0.05) is 19.2 Å². The Kier molecular flexibility index (Phi) is 1.97. The number of hydrogen-bond acceptors (Lipinski definition) is 3. The fraction of sp³-hybridized carbons (Fsp3) is 0.143. The molecule has 0 saturated carbocycles. The predicted molar refractivity (Wildman–Crippen MR) is 43.9 cm³/mol. The van der Waals surface area contributed by atoms with E-state index in [1.54, 1.807) is 6.08 Å². The van der Waals surface area contributed by atoms with E-state index in [2.05, 4.69) is 21.9 Å². The van der Waals surface area contributed by atoms with Gasteiger partial charge in [-0.3, -0.25) is 0 Å². The highest BCUT2D eigenvalue weighted by molar-refractivity contribution is 6.99. The fourth-order valence-corrected chi connectivity index (χ4v) is 1.20. The maximum atomic E-state index is 4.05. The van der Waals surface area contributed by atoms with E-state index >= 15 is 0 Å². The predicted octanol–water partition coefficient (Wildman–Crippen LogP) is 2.05. The monoisotopic (exact) mass is 152 g/mol. The van der Waals surface area contributed by atoms with Crippen LogP contribution in [0, 0.1) is 6.92 Å². The van der Waals surface area contributed by atoms with E-state index in [4.69, 9.17) is 0 Å². The molecule has 1 rings (SSSR count). The molecule has 0 bridgehead atoms. The Morgan fingerprint density at radius 2 is 2.30 bits per heavy atom. The first-order chi connectivity index (χ1) is 4.75. The molecule has 0 amide bonds. The minimum absolute atomic E-state index is 0.839. The third-order valence-electron chi connectivity index (χ3n) is 1.20. The summed E-state index contributed by atoms with van der Waals surface area (Å²) in [5.41, 5.74) is 2.63. The van der Waals surface area contributed by atoms with Gasteiger partial charge in [0, 0.05) is 0 Å². The molecule has 1 heterocycles. The van der Waals surface area contributed by atoms with Crippen LogP contribution in [0.25, 0.3) is 5.57 Å². The van der Waals surface area contributed by atoms with Gasteiger partial charge >= 0.3 is 0 Å². The Bertz CT molecular complexity index is 262. The van der Waals surface area contributed by atoms with Crippen LogP contribution in [-0.2, 0) is 0 Å². The van der Waals surface area contributed by atoms with Gasteiger partial charge in [0.05, 0.1) is 17.4 Å². The number of rotatable bonds is 2. The van der Waals surface area contributed by atoms with Gasteiger partial charge in [0.25, 0.3) is 0 Å². The molecule has 0 saturated heterocycles. The van der Waals surface area contributed by atoms with Crippen molar-refractivity contribution >= 4 is 17.3 Å². The Morgan fingerprint density at radius 3 is 2.70 bits per heavy atom. The molecule has 52 valence electrons. The summed E-state index contributed by atoms with van der Waals surface area (Å²) >= 11 is 1.20. The third-order valence-corrected chi connectivity index (χ3v) is 1.82. The Balaban J connectivity index is 3.04. The summed E-state index contributed by atoms with van der Waals surface area (Å²) in [4.78, 5) is 0. The number of hydrogen-bond donors (Lipinski definition) is 0. The molecular formula is C7H8N2S. The summed E-state index contributed by atoms with van der Waals surface area (Å²) in [5, 5.41) is 0. The maximum Gasteiger partial charge on any atom is 0.106 e. The Hall–Kier alpha value is -0.960. The molecule has 0 aromatic carbocycles. The van der Waals surface area contributed by atoms with Crippen molar-refractivity contribution in [1.82, 2.24) is 8.75 Å². The lowest BCUT2D eigenvalue weighted by Gasteiger charge is -1.91. The first-order valence-corrected chi connectivity index (χ1v) is 3.59. The van der Waals surface area contributed by atoms with Crippen molar-refractivity contribution < 1.29 is 0 Å². The van der Waals surface area contributed by atoms with Gasteiger partial charge in [0.15, 0.2) is 0 Å². The molecule has 0 radical (unpaired) electrons. The maximum absolute atomic E-state index is 4.05. The van der Waals surface area contributed by atoms with Gasteiger partial charge in [-0.25, -0.2) is 0 Å². The lowest BCUT2D eigenvalue weighted by Crippen LogP contribution is -1.81. The second-order valence-electron chi connectivity index (χ2n) is 1.93. The standard InChI is InChI=1S/C7H8N2S/c1-4-5(2)7-6(3)8-10-9-7/h4H,1-2H2,3H3. The molecule has 0 N–H and O–H groups in total. The molecule has 0 aliphatic carbocycles. The molecule has 3 heteroatoms. The minimum Gasteiger partial charge on any atom is -0.178 e. The van der Waals surface area contributed by atoms with Crippen LogP contribution in [0.3, 0.4) is 0 Å². The van der Waals surface area contributed by atoms with Crippen LogP contribution in [-0.4, -0.2) is 8.75 Å². The van der Waals surface area contributed by atoms with E-state index in [9.17, 15) is 0 Å². The molecule has 0 atom stereocenters. The molecule has 1 aromatic heterocycles. The zero-order chi connectivity index (χ0) is 7.56. The Morgan fingerprint density at radius 1 is 1.60 bits per heavy atom. The first kappa shape index (κ1) is 7.15. The van der Waals surface area contributed by atoms with Gasteiger partial charge < -0.3 is 0 Å². The van der Waals surface area contributed by atoms with Crippen LogP contribution in [0.1, 0.15) is 11.4 Å². The average Bonchev–Trinajstić information content (AvgIpc) is 2.34. The summed E-state index contributed by atoms with van der Waals surface area (Å²) < 4.78 is 8.05. The van der Waals surface area contributed by atoms with Gasteiger partial charge in [-0.2, -0.15) is 8.75 Å². The van der Waals surface area contributed by atoms with Crippen LogP contribution >= 0.6 is 11.7 Å². The van der Waals surface area contributed by atoms with Crippen molar-refractivity contribution in [2.24, 2.45) is 0 Å². The Labute approximate surface area is 64.2 Å².